The Morgan fingerprint density at radius 3 is 2.68 bits per heavy atom. The summed E-state index contributed by atoms with van der Waals surface area (Å²) < 4.78 is 10.2. The van der Waals surface area contributed by atoms with Crippen LogP contribution in [0.2, 0.25) is 0 Å². The molecule has 1 saturated carbocycles. The molecule has 5 heteroatoms. The summed E-state index contributed by atoms with van der Waals surface area (Å²) in [7, 11) is 3.11. The highest BCUT2D eigenvalue weighted by atomic mass is 16.6. The maximum absolute atomic E-state index is 12.0. The molecular weight excluding hydrogens is 282 g/mol. The molecule has 1 aromatic carbocycles. The molecule has 0 bridgehead atoms. The van der Waals surface area contributed by atoms with Crippen LogP contribution in [0.5, 0.6) is 5.75 Å². The second kappa shape index (κ2) is 6.38. The van der Waals surface area contributed by atoms with E-state index in [-0.39, 0.29) is 29.8 Å². The molecule has 0 radical (unpaired) electrons. The molecule has 2 aliphatic rings. The molecule has 3 rings (SSSR count). The summed E-state index contributed by atoms with van der Waals surface area (Å²) >= 11 is 0. The summed E-state index contributed by atoms with van der Waals surface area (Å²) in [6.07, 6.45) is 4.32. The summed E-state index contributed by atoms with van der Waals surface area (Å²) in [5, 5.41) is 4.00. The van der Waals surface area contributed by atoms with Crippen molar-refractivity contribution in [3.8, 4) is 5.75 Å². The van der Waals surface area contributed by atoms with Gasteiger partial charge in [-0.25, -0.2) is 0 Å². The number of carbonyl (C=O) groups excluding carboxylic acids is 1. The van der Waals surface area contributed by atoms with Crippen molar-refractivity contribution in [2.45, 2.75) is 31.3 Å². The predicted molar refractivity (Wildman–Crippen MR) is 81.9 cm³/mol. The average molecular weight is 303 g/mol. The smallest absolute Gasteiger partial charge is 0.308 e. The van der Waals surface area contributed by atoms with Gasteiger partial charge in [0.15, 0.2) is 0 Å². The quantitative estimate of drug-likeness (QED) is 0.806. The fraction of sp³-hybridized carbons (Fsp3) is 0.529. The van der Waals surface area contributed by atoms with Crippen LogP contribution in [0.3, 0.4) is 0 Å². The molecule has 0 aromatic heterocycles. The number of rotatable bonds is 3. The molecule has 0 N–H and O–H groups in total. The lowest BCUT2D eigenvalue weighted by atomic mass is 9.80. The highest BCUT2D eigenvalue weighted by Crippen LogP contribution is 2.42. The molecule has 4 unspecified atom stereocenters. The number of methoxy groups -OCH3 is 2. The molecule has 118 valence electrons. The van der Waals surface area contributed by atoms with E-state index in [1.165, 1.54) is 12.7 Å². The van der Waals surface area contributed by atoms with Gasteiger partial charge in [-0.1, -0.05) is 17.3 Å². The maximum Gasteiger partial charge on any atom is 0.308 e. The minimum absolute atomic E-state index is 0.0572. The number of hydrogen-bond donors (Lipinski definition) is 0. The zero-order chi connectivity index (χ0) is 15.5. The van der Waals surface area contributed by atoms with Gasteiger partial charge >= 0.3 is 5.97 Å². The highest BCUT2D eigenvalue weighted by molar-refractivity contribution is 5.73. The van der Waals surface area contributed by atoms with E-state index in [1.54, 1.807) is 7.11 Å². The van der Waals surface area contributed by atoms with Crippen molar-refractivity contribution in [2.24, 2.45) is 17.0 Å². The zero-order valence-electron chi connectivity index (χ0n) is 12.9. The highest BCUT2D eigenvalue weighted by Gasteiger charge is 2.41. The van der Waals surface area contributed by atoms with E-state index in [4.69, 9.17) is 14.3 Å². The largest absolute Gasteiger partial charge is 0.497 e. The minimum atomic E-state index is -0.129. The molecule has 1 aliphatic carbocycles. The van der Waals surface area contributed by atoms with Crippen LogP contribution in [0, 0.1) is 11.8 Å². The van der Waals surface area contributed by atoms with Gasteiger partial charge in [-0.2, -0.15) is 0 Å². The van der Waals surface area contributed by atoms with Gasteiger partial charge in [0.2, 0.25) is 0 Å². The van der Waals surface area contributed by atoms with Crippen LogP contribution in [-0.4, -0.2) is 32.5 Å². The molecule has 4 atom stereocenters. The third kappa shape index (κ3) is 2.80. The number of oxime groups is 1. The first-order valence-electron chi connectivity index (χ1n) is 7.64. The maximum atomic E-state index is 12.0. The van der Waals surface area contributed by atoms with Gasteiger partial charge in [0.1, 0.15) is 11.9 Å². The van der Waals surface area contributed by atoms with Crippen LogP contribution in [0.25, 0.3) is 0 Å². The number of benzene rings is 1. The summed E-state index contributed by atoms with van der Waals surface area (Å²) in [5.41, 5.74) is 1.18. The molecular formula is C17H21NO4. The normalized spacial score (nSPS) is 30.1. The number of nitrogens with zero attached hydrogens (tertiary/aromatic N) is 1. The van der Waals surface area contributed by atoms with Crippen LogP contribution < -0.4 is 4.74 Å². The average Bonchev–Trinajstić information content (AvgIpc) is 2.95. The van der Waals surface area contributed by atoms with E-state index in [0.29, 0.717) is 0 Å². The second-order valence-corrected chi connectivity index (χ2v) is 5.89. The molecule has 5 nitrogen and oxygen atoms in total. The second-order valence-electron chi connectivity index (χ2n) is 5.89. The molecule has 1 heterocycles. The third-order valence-corrected chi connectivity index (χ3v) is 4.74. The number of hydrogen-bond acceptors (Lipinski definition) is 5. The molecule has 0 saturated heterocycles. The van der Waals surface area contributed by atoms with Gasteiger partial charge < -0.3 is 14.3 Å². The van der Waals surface area contributed by atoms with Gasteiger partial charge in [-0.15, -0.1) is 0 Å². The first-order valence-corrected chi connectivity index (χ1v) is 7.64. The van der Waals surface area contributed by atoms with Crippen molar-refractivity contribution in [1.82, 2.24) is 0 Å². The fourth-order valence-electron chi connectivity index (χ4n) is 3.50. The first kappa shape index (κ1) is 14.9. The number of ether oxygens (including phenoxy) is 2. The summed E-state index contributed by atoms with van der Waals surface area (Å²) in [5.74, 6) is 1.03. The zero-order valence-corrected chi connectivity index (χ0v) is 12.9. The lowest BCUT2D eigenvalue weighted by Crippen LogP contribution is -2.24. The third-order valence-electron chi connectivity index (χ3n) is 4.74. The Morgan fingerprint density at radius 2 is 2.00 bits per heavy atom. The lowest BCUT2D eigenvalue weighted by molar-refractivity contribution is -0.146. The fourth-order valence-corrected chi connectivity index (χ4v) is 3.50. The van der Waals surface area contributed by atoms with Gasteiger partial charge in [0, 0.05) is 5.92 Å². The molecule has 0 amide bonds. The van der Waals surface area contributed by atoms with E-state index in [9.17, 15) is 4.79 Å². The van der Waals surface area contributed by atoms with Crippen LogP contribution in [0.15, 0.2) is 29.4 Å². The summed E-state index contributed by atoms with van der Waals surface area (Å²) in [4.78, 5) is 17.5. The van der Waals surface area contributed by atoms with E-state index >= 15 is 0 Å². The minimum Gasteiger partial charge on any atom is -0.497 e. The number of fused-ring (bicyclic) bond motifs is 1. The van der Waals surface area contributed by atoms with Crippen LogP contribution in [0.4, 0.5) is 0 Å². The van der Waals surface area contributed by atoms with E-state index in [2.05, 4.69) is 17.3 Å². The van der Waals surface area contributed by atoms with Gasteiger partial charge in [0.25, 0.3) is 0 Å². The van der Waals surface area contributed by atoms with Crippen molar-refractivity contribution < 1.29 is 19.1 Å². The lowest BCUT2D eigenvalue weighted by Gasteiger charge is -2.24. The Bertz CT molecular complexity index is 554. The van der Waals surface area contributed by atoms with Crippen molar-refractivity contribution in [1.29, 1.82) is 0 Å². The molecule has 0 spiro atoms. The van der Waals surface area contributed by atoms with Crippen molar-refractivity contribution in [2.75, 3.05) is 14.2 Å². The van der Waals surface area contributed by atoms with Crippen LogP contribution in [0.1, 0.15) is 30.7 Å². The molecule has 1 aliphatic heterocycles. The van der Waals surface area contributed by atoms with E-state index in [0.717, 1.165) is 25.0 Å². The SMILES string of the molecule is COC(=O)C1CCC2ON=CC2C(c2ccc(OC)cc2)C1. The van der Waals surface area contributed by atoms with Crippen molar-refractivity contribution in [3.05, 3.63) is 29.8 Å². The predicted octanol–water partition coefficient (Wildman–Crippen LogP) is 2.75. The summed E-state index contributed by atoms with van der Waals surface area (Å²) in [6, 6.07) is 8.03. The Kier molecular flexibility index (Phi) is 4.32. The molecule has 1 fully saturated rings. The number of carbonyl (C=O) groups is 1. The van der Waals surface area contributed by atoms with Gasteiger partial charge in [-0.05, 0) is 42.9 Å². The first-order chi connectivity index (χ1) is 10.7. The van der Waals surface area contributed by atoms with Gasteiger partial charge in [-0.3, -0.25) is 4.79 Å². The van der Waals surface area contributed by atoms with Crippen LogP contribution in [-0.2, 0) is 14.4 Å². The van der Waals surface area contributed by atoms with Gasteiger partial charge in [0.05, 0.1) is 26.4 Å². The van der Waals surface area contributed by atoms with Crippen molar-refractivity contribution >= 4 is 12.2 Å². The van der Waals surface area contributed by atoms with E-state index < -0.39 is 0 Å². The van der Waals surface area contributed by atoms with Crippen LogP contribution >= 0.6 is 0 Å². The topological polar surface area (TPSA) is 57.1 Å². The monoisotopic (exact) mass is 303 g/mol. The van der Waals surface area contributed by atoms with E-state index in [1.807, 2.05) is 18.3 Å². The Hall–Kier alpha value is -2.04. The number of esters is 1. The molecule has 22 heavy (non-hydrogen) atoms. The Morgan fingerprint density at radius 1 is 1.23 bits per heavy atom. The van der Waals surface area contributed by atoms with Crippen molar-refractivity contribution in [3.63, 3.8) is 0 Å². The Labute approximate surface area is 130 Å². The summed E-state index contributed by atoms with van der Waals surface area (Å²) in [6.45, 7) is 0. The standard InChI is InChI=1S/C17H21NO4/c1-20-13-6-3-11(4-7-13)14-9-12(17(19)21-2)5-8-16-15(14)10-18-22-16/h3-4,6-7,10,12,14-16H,5,8-9H2,1-2H3. The Balaban J connectivity index is 1.88. The molecule has 1 aromatic rings.